The Morgan fingerprint density at radius 1 is 1.30 bits per heavy atom. The maximum atomic E-state index is 12.7. The summed E-state index contributed by atoms with van der Waals surface area (Å²) in [5.41, 5.74) is 3.19. The van der Waals surface area contributed by atoms with Crippen molar-refractivity contribution in [3.63, 3.8) is 0 Å². The van der Waals surface area contributed by atoms with E-state index in [9.17, 15) is 9.59 Å². The van der Waals surface area contributed by atoms with Crippen molar-refractivity contribution in [2.75, 3.05) is 19.7 Å². The third kappa shape index (κ3) is 1.98. The van der Waals surface area contributed by atoms with E-state index in [0.717, 1.165) is 22.2 Å². The minimum absolute atomic E-state index is 0.0514. The van der Waals surface area contributed by atoms with Crippen molar-refractivity contribution in [2.45, 2.75) is 25.4 Å². The quantitative estimate of drug-likeness (QED) is 0.862. The van der Waals surface area contributed by atoms with Crippen LogP contribution in [0.5, 0.6) is 0 Å². The van der Waals surface area contributed by atoms with Crippen molar-refractivity contribution < 1.29 is 14.7 Å². The smallest absolute Gasteiger partial charge is 0.246 e. The fourth-order valence-electron chi connectivity index (χ4n) is 3.94. The van der Waals surface area contributed by atoms with Gasteiger partial charge in [0.25, 0.3) is 0 Å². The molecular formula is C17H19N3O3. The number of amides is 2. The molecule has 1 unspecified atom stereocenters. The van der Waals surface area contributed by atoms with Crippen molar-refractivity contribution in [1.29, 1.82) is 0 Å². The van der Waals surface area contributed by atoms with Crippen LogP contribution in [0.25, 0.3) is 10.9 Å². The number of aromatic nitrogens is 1. The molecule has 23 heavy (non-hydrogen) atoms. The summed E-state index contributed by atoms with van der Waals surface area (Å²) in [5.74, 6) is -0.124. The highest BCUT2D eigenvalue weighted by Crippen LogP contribution is 2.38. The molecule has 0 aliphatic carbocycles. The first kappa shape index (κ1) is 14.3. The largest absolute Gasteiger partial charge is 0.395 e. The summed E-state index contributed by atoms with van der Waals surface area (Å²) in [4.78, 5) is 31.8. The second-order valence-corrected chi connectivity index (χ2v) is 6.24. The number of fused-ring (bicyclic) bond motifs is 4. The predicted octanol–water partition coefficient (Wildman–Crippen LogP) is 0.817. The standard InChI is InChI=1S/C17H19N3O3/c1-10-16-12(11-4-2-3-5-13(11)18-16)8-14-17(23)19(6-7-21)9-15(22)20(10)14/h2-5,10,14,18,21H,6-9H2,1H3/t10?,14-/m0/s1. The lowest BCUT2D eigenvalue weighted by Gasteiger charge is -2.45. The second kappa shape index (κ2) is 5.09. The number of carbonyl (C=O) groups excluding carboxylic acids is 2. The molecule has 2 atom stereocenters. The van der Waals surface area contributed by atoms with Crippen LogP contribution >= 0.6 is 0 Å². The van der Waals surface area contributed by atoms with Crippen molar-refractivity contribution in [3.8, 4) is 0 Å². The van der Waals surface area contributed by atoms with Crippen LogP contribution in [0, 0.1) is 0 Å². The van der Waals surface area contributed by atoms with Crippen LogP contribution in [0.3, 0.4) is 0 Å². The van der Waals surface area contributed by atoms with E-state index in [4.69, 9.17) is 5.11 Å². The Morgan fingerprint density at radius 2 is 2.09 bits per heavy atom. The molecule has 120 valence electrons. The number of benzene rings is 1. The number of piperazine rings is 1. The number of hydrogen-bond acceptors (Lipinski definition) is 3. The lowest BCUT2D eigenvalue weighted by Crippen LogP contribution is -2.62. The Balaban J connectivity index is 1.80. The zero-order chi connectivity index (χ0) is 16.1. The molecule has 2 aliphatic rings. The number of aromatic amines is 1. The lowest BCUT2D eigenvalue weighted by atomic mass is 9.90. The van der Waals surface area contributed by atoms with Gasteiger partial charge in [-0.05, 0) is 18.6 Å². The molecule has 1 saturated heterocycles. The Bertz CT molecular complexity index is 797. The number of H-pyrrole nitrogens is 1. The molecule has 0 saturated carbocycles. The van der Waals surface area contributed by atoms with E-state index in [1.165, 1.54) is 4.90 Å². The van der Waals surface area contributed by atoms with Crippen molar-refractivity contribution in [1.82, 2.24) is 14.8 Å². The third-order valence-corrected chi connectivity index (χ3v) is 5.00. The minimum atomic E-state index is -0.468. The number of hydrogen-bond donors (Lipinski definition) is 2. The molecule has 2 aliphatic heterocycles. The molecule has 1 aromatic heterocycles. The first-order chi connectivity index (χ1) is 11.1. The van der Waals surface area contributed by atoms with Gasteiger partial charge in [-0.3, -0.25) is 9.59 Å². The van der Waals surface area contributed by atoms with E-state index in [1.807, 2.05) is 31.2 Å². The van der Waals surface area contributed by atoms with Crippen molar-refractivity contribution in [3.05, 3.63) is 35.5 Å². The number of para-hydroxylation sites is 1. The van der Waals surface area contributed by atoms with Gasteiger partial charge >= 0.3 is 0 Å². The first-order valence-corrected chi connectivity index (χ1v) is 7.92. The summed E-state index contributed by atoms with van der Waals surface area (Å²) < 4.78 is 0. The van der Waals surface area contributed by atoms with Gasteiger partial charge in [0.1, 0.15) is 6.04 Å². The van der Waals surface area contributed by atoms with Crippen LogP contribution < -0.4 is 0 Å². The van der Waals surface area contributed by atoms with Crippen LogP contribution in [0.2, 0.25) is 0 Å². The molecule has 4 rings (SSSR count). The average molecular weight is 313 g/mol. The predicted molar refractivity (Wildman–Crippen MR) is 84.7 cm³/mol. The van der Waals surface area contributed by atoms with Crippen LogP contribution in [0.1, 0.15) is 24.2 Å². The van der Waals surface area contributed by atoms with Gasteiger partial charge in [-0.2, -0.15) is 0 Å². The van der Waals surface area contributed by atoms with Gasteiger partial charge in [0.2, 0.25) is 11.8 Å². The number of carbonyl (C=O) groups is 2. The molecule has 1 aromatic carbocycles. The van der Waals surface area contributed by atoms with Gasteiger partial charge in [-0.25, -0.2) is 0 Å². The second-order valence-electron chi connectivity index (χ2n) is 6.24. The molecule has 0 radical (unpaired) electrons. The fraction of sp³-hybridized carbons (Fsp3) is 0.412. The highest BCUT2D eigenvalue weighted by Gasteiger charge is 2.45. The molecule has 0 spiro atoms. The number of nitrogens with zero attached hydrogens (tertiary/aromatic N) is 2. The molecule has 1 fully saturated rings. The zero-order valence-corrected chi connectivity index (χ0v) is 13.0. The fourth-order valence-corrected chi connectivity index (χ4v) is 3.94. The summed E-state index contributed by atoms with van der Waals surface area (Å²) in [6.07, 6.45) is 0.524. The minimum Gasteiger partial charge on any atom is -0.395 e. The maximum absolute atomic E-state index is 12.7. The van der Waals surface area contributed by atoms with Crippen molar-refractivity contribution >= 4 is 22.7 Å². The number of nitrogens with one attached hydrogen (secondary N) is 1. The topological polar surface area (TPSA) is 76.6 Å². The van der Waals surface area contributed by atoms with Gasteiger partial charge in [-0.1, -0.05) is 18.2 Å². The van der Waals surface area contributed by atoms with Gasteiger partial charge in [0.15, 0.2) is 0 Å². The molecule has 6 nitrogen and oxygen atoms in total. The number of rotatable bonds is 2. The van der Waals surface area contributed by atoms with Crippen LogP contribution in [-0.4, -0.2) is 57.4 Å². The zero-order valence-electron chi connectivity index (χ0n) is 13.0. The molecule has 2 aromatic rings. The summed E-state index contributed by atoms with van der Waals surface area (Å²) in [7, 11) is 0. The summed E-state index contributed by atoms with van der Waals surface area (Å²) in [6.45, 7) is 2.10. The average Bonchev–Trinajstić information content (AvgIpc) is 2.92. The summed E-state index contributed by atoms with van der Waals surface area (Å²) in [6, 6.07) is 7.41. The lowest BCUT2D eigenvalue weighted by molar-refractivity contribution is -0.159. The number of aliphatic hydroxyl groups is 1. The summed E-state index contributed by atoms with van der Waals surface area (Å²) >= 11 is 0. The monoisotopic (exact) mass is 313 g/mol. The summed E-state index contributed by atoms with van der Waals surface area (Å²) in [5, 5.41) is 10.2. The van der Waals surface area contributed by atoms with Gasteiger partial charge in [0.05, 0.1) is 19.2 Å². The van der Waals surface area contributed by atoms with Gasteiger partial charge in [-0.15, -0.1) is 0 Å². The third-order valence-electron chi connectivity index (χ3n) is 5.00. The van der Waals surface area contributed by atoms with Gasteiger partial charge < -0.3 is 19.9 Å². The normalized spacial score (nSPS) is 24.1. The maximum Gasteiger partial charge on any atom is 0.246 e. The SMILES string of the molecule is CC1c2[nH]c3ccccc3c2C[C@H]2C(=O)N(CCO)CC(=O)N12. The first-order valence-electron chi connectivity index (χ1n) is 7.92. The molecule has 3 heterocycles. The van der Waals surface area contributed by atoms with E-state index in [1.54, 1.807) is 4.90 Å². The van der Waals surface area contributed by atoms with Crippen LogP contribution in [-0.2, 0) is 16.0 Å². The van der Waals surface area contributed by atoms with Crippen molar-refractivity contribution in [2.24, 2.45) is 0 Å². The Kier molecular flexibility index (Phi) is 3.16. The highest BCUT2D eigenvalue weighted by atomic mass is 16.3. The molecule has 2 N–H and O–H groups in total. The van der Waals surface area contributed by atoms with Gasteiger partial charge in [0, 0.05) is 29.6 Å². The Morgan fingerprint density at radius 3 is 2.87 bits per heavy atom. The molecule has 2 amide bonds. The molecule has 0 bridgehead atoms. The van der Waals surface area contributed by atoms with E-state index < -0.39 is 6.04 Å². The van der Waals surface area contributed by atoms with Crippen LogP contribution in [0.4, 0.5) is 0 Å². The molecule has 6 heteroatoms. The molecular weight excluding hydrogens is 294 g/mol. The number of β-amino-alcohol motifs (C(OH)–C–C–N with tert-alkyl or cyclic N) is 1. The van der Waals surface area contributed by atoms with E-state index in [-0.39, 0.29) is 37.6 Å². The van der Waals surface area contributed by atoms with E-state index >= 15 is 0 Å². The highest BCUT2D eigenvalue weighted by molar-refractivity contribution is 5.97. The Hall–Kier alpha value is -2.34. The van der Waals surface area contributed by atoms with Crippen LogP contribution in [0.15, 0.2) is 24.3 Å². The van der Waals surface area contributed by atoms with E-state index in [0.29, 0.717) is 6.42 Å². The Labute approximate surface area is 133 Å². The van der Waals surface area contributed by atoms with E-state index in [2.05, 4.69) is 4.98 Å². The number of aliphatic hydroxyl groups excluding tert-OH is 1.